The zero-order chi connectivity index (χ0) is 20.1. The van der Waals surface area contributed by atoms with E-state index in [9.17, 15) is 9.90 Å². The van der Waals surface area contributed by atoms with Gasteiger partial charge in [0.2, 0.25) is 0 Å². The number of aromatic hydroxyl groups is 1. The van der Waals surface area contributed by atoms with Crippen molar-refractivity contribution >= 4 is 17.9 Å². The number of carbonyl (C=O) groups is 1. The van der Waals surface area contributed by atoms with E-state index in [0.717, 1.165) is 28.0 Å². The maximum Gasteiger partial charge on any atom is 0.170 e. The topological polar surface area (TPSA) is 55.8 Å². The van der Waals surface area contributed by atoms with Crippen molar-refractivity contribution in [2.75, 3.05) is 0 Å². The van der Waals surface area contributed by atoms with Crippen LogP contribution < -0.4 is 9.47 Å². The van der Waals surface area contributed by atoms with Gasteiger partial charge >= 0.3 is 0 Å². The molecule has 0 amide bonds. The van der Waals surface area contributed by atoms with Gasteiger partial charge in [0, 0.05) is 17.2 Å². The second-order valence-corrected chi connectivity index (χ2v) is 8.20. The van der Waals surface area contributed by atoms with Gasteiger partial charge in [-0.05, 0) is 63.6 Å². The smallest absolute Gasteiger partial charge is 0.170 e. The van der Waals surface area contributed by atoms with Crippen LogP contribution in [0.25, 0.3) is 12.2 Å². The van der Waals surface area contributed by atoms with E-state index < -0.39 is 6.10 Å². The molecule has 4 rings (SSSR count). The van der Waals surface area contributed by atoms with Crippen molar-refractivity contribution in [1.82, 2.24) is 0 Å². The molecule has 28 heavy (non-hydrogen) atoms. The van der Waals surface area contributed by atoms with Gasteiger partial charge in [-0.3, -0.25) is 4.79 Å². The average molecular weight is 376 g/mol. The summed E-state index contributed by atoms with van der Waals surface area (Å²) in [5.74, 6) is 1.37. The number of Topliss-reactive ketones (excluding diaryl/α,β-unsaturated/α-hetero) is 1. The number of hydrogen-bond donors (Lipinski definition) is 1. The van der Waals surface area contributed by atoms with E-state index >= 15 is 0 Å². The predicted octanol–water partition coefficient (Wildman–Crippen LogP) is 5.71. The number of fused-ring (bicyclic) bond motifs is 2. The molecule has 0 radical (unpaired) electrons. The number of rotatable bonds is 2. The number of benzene rings is 2. The maximum atomic E-state index is 12.6. The van der Waals surface area contributed by atoms with Gasteiger partial charge in [-0.15, -0.1) is 0 Å². The molecule has 0 bridgehead atoms. The fourth-order valence-electron chi connectivity index (χ4n) is 3.63. The Labute approximate surface area is 165 Å². The van der Waals surface area contributed by atoms with Crippen LogP contribution in [0.15, 0.2) is 42.0 Å². The second-order valence-electron chi connectivity index (χ2n) is 8.20. The monoisotopic (exact) mass is 376 g/mol. The molecule has 2 aliphatic heterocycles. The third-order valence-corrected chi connectivity index (χ3v) is 4.92. The van der Waals surface area contributed by atoms with Crippen LogP contribution in [0.3, 0.4) is 0 Å². The second kappa shape index (κ2) is 6.55. The van der Waals surface area contributed by atoms with Gasteiger partial charge in [-0.25, -0.2) is 0 Å². The Morgan fingerprint density at radius 3 is 2.75 bits per heavy atom. The van der Waals surface area contributed by atoms with Crippen LogP contribution in [0.5, 0.6) is 17.2 Å². The van der Waals surface area contributed by atoms with Crippen LogP contribution in [0.1, 0.15) is 67.3 Å². The van der Waals surface area contributed by atoms with E-state index in [4.69, 9.17) is 9.47 Å². The SMILES string of the molecule is CC(C)=Cc1cc(C2CC(=O)c3ccc(O)cc3O2)cc2c1OC(C)(C)C=C2. The van der Waals surface area contributed by atoms with Crippen molar-refractivity contribution in [2.45, 2.75) is 45.8 Å². The molecule has 0 saturated carbocycles. The molecule has 1 N–H and O–H groups in total. The molecule has 1 unspecified atom stereocenters. The van der Waals surface area contributed by atoms with E-state index in [1.54, 1.807) is 6.07 Å². The summed E-state index contributed by atoms with van der Waals surface area (Å²) in [4.78, 5) is 12.6. The van der Waals surface area contributed by atoms with Crippen molar-refractivity contribution in [2.24, 2.45) is 0 Å². The van der Waals surface area contributed by atoms with E-state index in [1.807, 2.05) is 45.9 Å². The number of hydrogen-bond acceptors (Lipinski definition) is 4. The van der Waals surface area contributed by atoms with Crippen LogP contribution in [-0.2, 0) is 0 Å². The highest BCUT2D eigenvalue weighted by Gasteiger charge is 2.30. The molecule has 2 aliphatic rings. The van der Waals surface area contributed by atoms with Gasteiger partial charge < -0.3 is 14.6 Å². The van der Waals surface area contributed by atoms with Gasteiger partial charge in [0.25, 0.3) is 0 Å². The third kappa shape index (κ3) is 3.42. The highest BCUT2D eigenvalue weighted by Crippen LogP contribution is 2.41. The van der Waals surface area contributed by atoms with Crippen LogP contribution >= 0.6 is 0 Å². The van der Waals surface area contributed by atoms with E-state index in [2.05, 4.69) is 12.2 Å². The van der Waals surface area contributed by atoms with Crippen LogP contribution in [-0.4, -0.2) is 16.5 Å². The van der Waals surface area contributed by atoms with Crippen molar-refractivity contribution in [1.29, 1.82) is 0 Å². The van der Waals surface area contributed by atoms with Crippen LogP contribution in [0.2, 0.25) is 0 Å². The lowest BCUT2D eigenvalue weighted by Gasteiger charge is -2.31. The standard InChI is InChI=1S/C24H24O4/c1-14(2)9-17-11-16(10-15-7-8-24(3,4)28-23(15)17)21-13-20(26)19-6-5-18(25)12-22(19)27-21/h5-12,21,25H,13H2,1-4H3. The minimum atomic E-state index is -0.403. The summed E-state index contributed by atoms with van der Waals surface area (Å²) in [6.07, 6.45) is 6.05. The van der Waals surface area contributed by atoms with Crippen molar-refractivity contribution in [3.05, 3.63) is 64.2 Å². The molecular formula is C24H24O4. The summed E-state index contributed by atoms with van der Waals surface area (Å²) in [6.45, 7) is 8.14. The third-order valence-electron chi connectivity index (χ3n) is 4.92. The maximum absolute atomic E-state index is 12.6. The van der Waals surface area contributed by atoms with Crippen molar-refractivity contribution in [3.8, 4) is 17.2 Å². The summed E-state index contributed by atoms with van der Waals surface area (Å²) in [6, 6.07) is 8.68. The molecule has 144 valence electrons. The molecule has 2 aromatic carbocycles. The zero-order valence-electron chi connectivity index (χ0n) is 16.6. The molecule has 2 heterocycles. The first-order valence-electron chi connectivity index (χ1n) is 9.46. The summed E-state index contributed by atoms with van der Waals surface area (Å²) in [5.41, 5.74) is 4.17. The minimum absolute atomic E-state index is 0.0145. The van der Waals surface area contributed by atoms with E-state index in [-0.39, 0.29) is 23.6 Å². The normalized spacial score (nSPS) is 19.1. The van der Waals surface area contributed by atoms with Gasteiger partial charge in [-0.1, -0.05) is 17.7 Å². The first-order chi connectivity index (χ1) is 13.2. The largest absolute Gasteiger partial charge is 0.508 e. The Kier molecular flexibility index (Phi) is 4.30. The van der Waals surface area contributed by atoms with Gasteiger partial charge in [0.15, 0.2) is 5.78 Å². The molecule has 4 nitrogen and oxygen atoms in total. The fraction of sp³-hybridized carbons (Fsp3) is 0.292. The predicted molar refractivity (Wildman–Crippen MR) is 110 cm³/mol. The molecule has 0 aromatic heterocycles. The number of allylic oxidation sites excluding steroid dienone is 1. The molecule has 1 atom stereocenters. The van der Waals surface area contributed by atoms with Gasteiger partial charge in [-0.2, -0.15) is 0 Å². The molecule has 0 aliphatic carbocycles. The Morgan fingerprint density at radius 2 is 2.00 bits per heavy atom. The number of phenolic OH excluding ortho intramolecular Hbond substituents is 1. The Hall–Kier alpha value is -3.01. The van der Waals surface area contributed by atoms with Gasteiger partial charge in [0.1, 0.15) is 29.0 Å². The molecule has 0 fully saturated rings. The van der Waals surface area contributed by atoms with Crippen molar-refractivity contribution < 1.29 is 19.4 Å². The average Bonchev–Trinajstić information content (AvgIpc) is 2.60. The molecule has 4 heteroatoms. The quantitative estimate of drug-likeness (QED) is 0.730. The summed E-state index contributed by atoms with van der Waals surface area (Å²) < 4.78 is 12.3. The number of ether oxygens (including phenoxy) is 2. The molecular weight excluding hydrogens is 352 g/mol. The first kappa shape index (κ1) is 18.4. The van der Waals surface area contributed by atoms with E-state index in [1.165, 1.54) is 12.1 Å². The highest BCUT2D eigenvalue weighted by molar-refractivity contribution is 6.00. The van der Waals surface area contributed by atoms with Crippen LogP contribution in [0, 0.1) is 0 Å². The number of phenols is 1. The Bertz CT molecular complexity index is 1020. The Balaban J connectivity index is 1.79. The lowest BCUT2D eigenvalue weighted by molar-refractivity contribution is 0.0849. The molecule has 0 spiro atoms. The van der Waals surface area contributed by atoms with E-state index in [0.29, 0.717) is 11.3 Å². The van der Waals surface area contributed by atoms with Crippen LogP contribution in [0.4, 0.5) is 0 Å². The fourth-order valence-corrected chi connectivity index (χ4v) is 3.63. The summed E-state index contributed by atoms with van der Waals surface area (Å²) in [7, 11) is 0. The lowest BCUT2D eigenvalue weighted by Crippen LogP contribution is -2.28. The lowest BCUT2D eigenvalue weighted by atomic mass is 9.91. The first-order valence-corrected chi connectivity index (χ1v) is 9.46. The highest BCUT2D eigenvalue weighted by atomic mass is 16.5. The summed E-state index contributed by atoms with van der Waals surface area (Å²) >= 11 is 0. The Morgan fingerprint density at radius 1 is 1.21 bits per heavy atom. The van der Waals surface area contributed by atoms with Crippen molar-refractivity contribution in [3.63, 3.8) is 0 Å². The number of carbonyl (C=O) groups excluding carboxylic acids is 1. The number of ketones is 1. The minimum Gasteiger partial charge on any atom is -0.508 e. The molecule has 2 aromatic rings. The zero-order valence-corrected chi connectivity index (χ0v) is 16.6. The van der Waals surface area contributed by atoms with Gasteiger partial charge in [0.05, 0.1) is 12.0 Å². The molecule has 0 saturated heterocycles. The summed E-state index contributed by atoms with van der Waals surface area (Å²) in [5, 5.41) is 9.76.